The first-order valence-corrected chi connectivity index (χ1v) is 12.0. The topological polar surface area (TPSA) is 88.4 Å². The summed E-state index contributed by atoms with van der Waals surface area (Å²) < 4.78 is 7.68. The van der Waals surface area contributed by atoms with Crippen LogP contribution in [0.25, 0.3) is 11.0 Å². The van der Waals surface area contributed by atoms with Gasteiger partial charge in [0, 0.05) is 39.3 Å². The molecular weight excluding hydrogens is 430 g/mol. The number of fused-ring (bicyclic) bond motifs is 2. The highest BCUT2D eigenvalue weighted by molar-refractivity contribution is 5.78. The average molecular weight is 464 g/mol. The summed E-state index contributed by atoms with van der Waals surface area (Å²) >= 11 is 0. The SMILES string of the molecule is COc1cc2c(cc1Nc1ncc3cnn([C@H]4CC[C@@H](C(=O)N(C)C)CC4)c3n1)CN(C)CC2. The van der Waals surface area contributed by atoms with Gasteiger partial charge < -0.3 is 19.9 Å². The molecule has 1 aliphatic heterocycles. The highest BCUT2D eigenvalue weighted by atomic mass is 16.5. The van der Waals surface area contributed by atoms with Crippen LogP contribution >= 0.6 is 0 Å². The van der Waals surface area contributed by atoms with E-state index in [0.29, 0.717) is 5.95 Å². The molecule has 0 saturated heterocycles. The molecule has 0 atom stereocenters. The molecular formula is C25H33N7O2. The van der Waals surface area contributed by atoms with E-state index in [1.807, 2.05) is 31.2 Å². The molecule has 0 radical (unpaired) electrons. The Labute approximate surface area is 200 Å². The Bertz CT molecular complexity index is 1200. The lowest BCUT2D eigenvalue weighted by Gasteiger charge is -2.29. The van der Waals surface area contributed by atoms with Crippen LogP contribution in [0.5, 0.6) is 5.75 Å². The first-order chi connectivity index (χ1) is 16.4. The van der Waals surface area contributed by atoms with E-state index in [0.717, 1.165) is 67.7 Å². The van der Waals surface area contributed by atoms with Gasteiger partial charge in [-0.3, -0.25) is 4.79 Å². The molecule has 1 saturated carbocycles. The van der Waals surface area contributed by atoms with Crippen molar-refractivity contribution in [3.05, 3.63) is 35.7 Å². The van der Waals surface area contributed by atoms with Crippen molar-refractivity contribution in [3.8, 4) is 5.75 Å². The number of hydrogen-bond donors (Lipinski definition) is 1. The number of carbonyl (C=O) groups excluding carboxylic acids is 1. The Balaban J connectivity index is 1.38. The molecule has 0 unspecified atom stereocenters. The maximum atomic E-state index is 12.3. The summed E-state index contributed by atoms with van der Waals surface area (Å²) in [7, 11) is 7.49. The highest BCUT2D eigenvalue weighted by Gasteiger charge is 2.29. The van der Waals surface area contributed by atoms with E-state index >= 15 is 0 Å². The average Bonchev–Trinajstić information content (AvgIpc) is 3.26. The maximum Gasteiger partial charge on any atom is 0.229 e. The second kappa shape index (κ2) is 9.21. The predicted molar refractivity (Wildman–Crippen MR) is 131 cm³/mol. The molecule has 34 heavy (non-hydrogen) atoms. The van der Waals surface area contributed by atoms with Gasteiger partial charge in [0.2, 0.25) is 11.9 Å². The molecule has 2 aromatic heterocycles. The van der Waals surface area contributed by atoms with Crippen molar-refractivity contribution in [1.29, 1.82) is 0 Å². The van der Waals surface area contributed by atoms with Crippen molar-refractivity contribution in [2.45, 2.75) is 44.7 Å². The Kier molecular flexibility index (Phi) is 6.12. The van der Waals surface area contributed by atoms with Crippen LogP contribution in [0.3, 0.4) is 0 Å². The van der Waals surface area contributed by atoms with E-state index in [1.54, 1.807) is 12.0 Å². The third-order valence-electron chi connectivity index (χ3n) is 7.14. The van der Waals surface area contributed by atoms with E-state index in [-0.39, 0.29) is 17.9 Å². The molecule has 1 N–H and O–H groups in total. The van der Waals surface area contributed by atoms with Gasteiger partial charge in [0.05, 0.1) is 30.4 Å². The van der Waals surface area contributed by atoms with Gasteiger partial charge in [-0.1, -0.05) is 0 Å². The number of hydrogen-bond acceptors (Lipinski definition) is 7. The molecule has 180 valence electrons. The van der Waals surface area contributed by atoms with E-state index < -0.39 is 0 Å². The van der Waals surface area contributed by atoms with Crippen LogP contribution in [0.1, 0.15) is 42.9 Å². The number of anilines is 2. The number of carbonyl (C=O) groups is 1. The lowest BCUT2D eigenvalue weighted by Crippen LogP contribution is -2.32. The van der Waals surface area contributed by atoms with Gasteiger partial charge in [-0.25, -0.2) is 9.67 Å². The Morgan fingerprint density at radius 3 is 2.68 bits per heavy atom. The van der Waals surface area contributed by atoms with Gasteiger partial charge in [-0.2, -0.15) is 10.1 Å². The van der Waals surface area contributed by atoms with Gasteiger partial charge in [0.1, 0.15) is 5.75 Å². The zero-order valence-electron chi connectivity index (χ0n) is 20.4. The minimum Gasteiger partial charge on any atom is -0.495 e. The fraction of sp³-hybridized carbons (Fsp3) is 0.520. The second-order valence-electron chi connectivity index (χ2n) is 9.73. The molecule has 5 rings (SSSR count). The number of likely N-dealkylation sites (N-methyl/N-ethyl adjacent to an activating group) is 1. The summed E-state index contributed by atoms with van der Waals surface area (Å²) in [5.41, 5.74) is 4.31. The molecule has 9 heteroatoms. The molecule has 9 nitrogen and oxygen atoms in total. The molecule has 0 bridgehead atoms. The van der Waals surface area contributed by atoms with Gasteiger partial charge in [-0.05, 0) is 62.4 Å². The summed E-state index contributed by atoms with van der Waals surface area (Å²) in [6, 6.07) is 4.51. The number of rotatable bonds is 5. The van der Waals surface area contributed by atoms with E-state index in [4.69, 9.17) is 9.72 Å². The highest BCUT2D eigenvalue weighted by Crippen LogP contribution is 2.35. The van der Waals surface area contributed by atoms with Crippen molar-refractivity contribution in [2.75, 3.05) is 40.1 Å². The smallest absolute Gasteiger partial charge is 0.229 e. The predicted octanol–water partition coefficient (Wildman–Crippen LogP) is 3.39. The summed E-state index contributed by atoms with van der Waals surface area (Å²) in [6.45, 7) is 1.97. The van der Waals surface area contributed by atoms with Crippen LogP contribution in [0.2, 0.25) is 0 Å². The van der Waals surface area contributed by atoms with E-state index in [1.165, 1.54) is 11.1 Å². The number of methoxy groups -OCH3 is 1. The van der Waals surface area contributed by atoms with Gasteiger partial charge in [0.25, 0.3) is 0 Å². The van der Waals surface area contributed by atoms with Crippen LogP contribution in [-0.4, -0.2) is 70.3 Å². The van der Waals surface area contributed by atoms with Crippen LogP contribution < -0.4 is 10.1 Å². The van der Waals surface area contributed by atoms with E-state index in [2.05, 4.69) is 39.5 Å². The number of aromatic nitrogens is 4. The van der Waals surface area contributed by atoms with Crippen molar-refractivity contribution in [2.24, 2.45) is 5.92 Å². The molecule has 1 aliphatic carbocycles. The van der Waals surface area contributed by atoms with Gasteiger partial charge >= 0.3 is 0 Å². The summed E-state index contributed by atoms with van der Waals surface area (Å²) in [5.74, 6) is 1.65. The Morgan fingerprint density at radius 1 is 1.15 bits per heavy atom. The first-order valence-electron chi connectivity index (χ1n) is 12.0. The van der Waals surface area contributed by atoms with Crippen molar-refractivity contribution in [1.82, 2.24) is 29.5 Å². The molecule has 0 spiro atoms. The molecule has 1 amide bonds. The summed E-state index contributed by atoms with van der Waals surface area (Å²) in [4.78, 5) is 25.7. The zero-order chi connectivity index (χ0) is 23.8. The molecule has 1 aromatic carbocycles. The number of benzene rings is 1. The number of ether oxygens (including phenoxy) is 1. The van der Waals surface area contributed by atoms with Crippen LogP contribution in [-0.2, 0) is 17.8 Å². The Morgan fingerprint density at radius 2 is 1.94 bits per heavy atom. The number of nitrogens with one attached hydrogen (secondary N) is 1. The maximum absolute atomic E-state index is 12.3. The zero-order valence-corrected chi connectivity index (χ0v) is 20.4. The van der Waals surface area contributed by atoms with E-state index in [9.17, 15) is 4.79 Å². The standard InChI is InChI=1S/C25H33N7O2/c1-30(2)24(33)16-5-7-20(8-6-16)32-23-19(14-27-32)13-26-25(29-23)28-21-11-18-15-31(3)10-9-17(18)12-22(21)34-4/h11-14,16,20H,5-10,15H2,1-4H3,(H,26,28,29)/t16-,20+. The third kappa shape index (κ3) is 4.32. The lowest BCUT2D eigenvalue weighted by molar-refractivity contribution is -0.134. The van der Waals surface area contributed by atoms with Gasteiger partial charge in [-0.15, -0.1) is 0 Å². The first kappa shape index (κ1) is 22.6. The van der Waals surface area contributed by atoms with Crippen molar-refractivity contribution >= 4 is 28.6 Å². The van der Waals surface area contributed by atoms with Crippen LogP contribution in [0, 0.1) is 5.92 Å². The van der Waals surface area contributed by atoms with Gasteiger partial charge in [0.15, 0.2) is 5.65 Å². The monoisotopic (exact) mass is 463 g/mol. The summed E-state index contributed by atoms with van der Waals surface area (Å²) in [5, 5.41) is 8.92. The lowest BCUT2D eigenvalue weighted by atomic mass is 9.85. The number of nitrogens with zero attached hydrogens (tertiary/aromatic N) is 6. The molecule has 3 aromatic rings. The quantitative estimate of drug-likeness (QED) is 0.620. The number of amides is 1. The largest absolute Gasteiger partial charge is 0.495 e. The molecule has 3 heterocycles. The fourth-order valence-corrected chi connectivity index (χ4v) is 5.21. The van der Waals surface area contributed by atoms with Crippen molar-refractivity contribution < 1.29 is 9.53 Å². The molecule has 2 aliphatic rings. The Hall–Kier alpha value is -3.20. The molecule has 1 fully saturated rings. The third-order valence-corrected chi connectivity index (χ3v) is 7.14. The fourth-order valence-electron chi connectivity index (χ4n) is 5.21. The van der Waals surface area contributed by atoms with Crippen molar-refractivity contribution in [3.63, 3.8) is 0 Å². The normalized spacial score (nSPS) is 20.7. The minimum absolute atomic E-state index is 0.107. The summed E-state index contributed by atoms with van der Waals surface area (Å²) in [6.07, 6.45) is 8.24. The van der Waals surface area contributed by atoms with Crippen LogP contribution in [0.15, 0.2) is 24.5 Å². The second-order valence-corrected chi connectivity index (χ2v) is 9.73. The van der Waals surface area contributed by atoms with Crippen LogP contribution in [0.4, 0.5) is 11.6 Å². The minimum atomic E-state index is 0.107.